The second-order valence-corrected chi connectivity index (χ2v) is 12.5. The van der Waals surface area contributed by atoms with Gasteiger partial charge in [0.15, 0.2) is 5.82 Å². The van der Waals surface area contributed by atoms with Crippen LogP contribution in [0.5, 0.6) is 0 Å². The number of amides is 4. The van der Waals surface area contributed by atoms with E-state index in [1.165, 1.54) is 17.0 Å². The van der Waals surface area contributed by atoms with Crippen LogP contribution >= 0.6 is 23.2 Å². The molecule has 2 heterocycles. The maximum absolute atomic E-state index is 14.6. The molecule has 0 radical (unpaired) electrons. The summed E-state index contributed by atoms with van der Waals surface area (Å²) in [6.07, 6.45) is 3.32. The van der Waals surface area contributed by atoms with Crippen molar-refractivity contribution < 1.29 is 23.6 Å². The zero-order chi connectivity index (χ0) is 32.0. The lowest BCUT2D eigenvalue weighted by Crippen LogP contribution is -2.56. The summed E-state index contributed by atoms with van der Waals surface area (Å²) in [7, 11) is 0. The summed E-state index contributed by atoms with van der Waals surface area (Å²) in [6.45, 7) is 5.16. The summed E-state index contributed by atoms with van der Waals surface area (Å²) in [5, 5.41) is 4.83. The molecule has 0 aliphatic carbocycles. The highest BCUT2D eigenvalue weighted by Gasteiger charge is 2.37. The molecule has 3 atom stereocenters. The largest absolute Gasteiger partial charge is 0.342 e. The van der Waals surface area contributed by atoms with E-state index in [4.69, 9.17) is 28.9 Å². The molecule has 0 saturated carbocycles. The molecule has 2 aromatic carbocycles. The molecule has 238 valence electrons. The molecule has 2 aliphatic rings. The number of benzene rings is 2. The number of anilines is 1. The fourth-order valence-corrected chi connectivity index (χ4v) is 6.34. The van der Waals surface area contributed by atoms with E-state index in [-0.39, 0.29) is 72.4 Å². The Hall–Kier alpha value is -3.21. The third-order valence-corrected chi connectivity index (χ3v) is 9.23. The molecule has 4 rings (SSSR count). The van der Waals surface area contributed by atoms with Crippen molar-refractivity contribution in [3.8, 4) is 0 Å². The van der Waals surface area contributed by atoms with Crippen molar-refractivity contribution in [2.75, 3.05) is 18.4 Å². The Kier molecular flexibility index (Phi) is 11.6. The Balaban J connectivity index is 1.48. The minimum Gasteiger partial charge on any atom is -0.342 e. The van der Waals surface area contributed by atoms with Crippen LogP contribution in [0.2, 0.25) is 10.0 Å². The van der Waals surface area contributed by atoms with Crippen molar-refractivity contribution >= 4 is 52.5 Å². The third kappa shape index (κ3) is 7.89. The van der Waals surface area contributed by atoms with Gasteiger partial charge in [-0.25, -0.2) is 4.39 Å². The molecular formula is C32H40Cl2FN5O4. The maximum atomic E-state index is 14.6. The highest BCUT2D eigenvalue weighted by atomic mass is 35.5. The average Bonchev–Trinajstić information content (AvgIpc) is 3.02. The molecule has 1 saturated heterocycles. The van der Waals surface area contributed by atoms with Crippen molar-refractivity contribution in [3.05, 3.63) is 63.4 Å². The SMILES string of the molecule is CC(C)C1CCCCN1C(=O)CCC(=O)N1Cc2ccccc2C[C@H]1C(=O)N[C@@H](CCN)C(=O)Nc1ccc(Cl)c(Cl)c1F. The minimum atomic E-state index is -1.11. The molecular weight excluding hydrogens is 608 g/mol. The molecule has 4 amide bonds. The number of halogens is 3. The van der Waals surface area contributed by atoms with Crippen molar-refractivity contribution in [1.29, 1.82) is 0 Å². The predicted octanol–water partition coefficient (Wildman–Crippen LogP) is 4.68. The van der Waals surface area contributed by atoms with E-state index in [1.807, 2.05) is 29.2 Å². The lowest BCUT2D eigenvalue weighted by molar-refractivity contribution is -0.145. The highest BCUT2D eigenvalue weighted by molar-refractivity contribution is 6.42. The standard InChI is InChI=1S/C32H40Cl2FN5O4/c1-19(2)25-9-5-6-16-39(25)27(41)12-13-28(42)40-18-21-8-4-3-7-20(21)17-26(40)32(44)38-24(14-15-36)31(43)37-23-11-10-22(33)29(34)30(23)35/h3-4,7-8,10-11,19,24-26H,5-6,9,12-18,36H2,1-2H3,(H,37,43)(H,38,44)/t24-,25?,26-/m0/s1. The summed E-state index contributed by atoms with van der Waals surface area (Å²) in [4.78, 5) is 57.1. The lowest BCUT2D eigenvalue weighted by Gasteiger charge is -2.39. The van der Waals surface area contributed by atoms with Crippen molar-refractivity contribution in [2.45, 2.75) is 83.5 Å². The smallest absolute Gasteiger partial charge is 0.247 e. The van der Waals surface area contributed by atoms with E-state index in [0.29, 0.717) is 12.5 Å². The Labute approximate surface area is 267 Å². The van der Waals surface area contributed by atoms with Crippen LogP contribution in [0, 0.1) is 11.7 Å². The fraction of sp³-hybridized carbons (Fsp3) is 0.500. The normalized spacial score (nSPS) is 18.9. The van der Waals surface area contributed by atoms with Gasteiger partial charge in [-0.05, 0) is 61.4 Å². The number of likely N-dealkylation sites (tertiary alicyclic amines) is 1. The van der Waals surface area contributed by atoms with Gasteiger partial charge in [0.2, 0.25) is 23.6 Å². The van der Waals surface area contributed by atoms with Crippen LogP contribution < -0.4 is 16.4 Å². The third-order valence-electron chi connectivity index (χ3n) is 8.44. The topological polar surface area (TPSA) is 125 Å². The molecule has 0 spiro atoms. The van der Waals surface area contributed by atoms with Crippen molar-refractivity contribution in [2.24, 2.45) is 11.7 Å². The summed E-state index contributed by atoms with van der Waals surface area (Å²) >= 11 is 11.7. The summed E-state index contributed by atoms with van der Waals surface area (Å²) in [5.74, 6) is -2.17. The second kappa shape index (κ2) is 15.2. The first-order chi connectivity index (χ1) is 21.0. The molecule has 12 heteroatoms. The van der Waals surface area contributed by atoms with Crippen LogP contribution in [0.25, 0.3) is 0 Å². The van der Waals surface area contributed by atoms with Crippen LogP contribution in [-0.4, -0.2) is 64.6 Å². The zero-order valence-electron chi connectivity index (χ0n) is 25.1. The molecule has 9 nitrogen and oxygen atoms in total. The van der Waals surface area contributed by atoms with Gasteiger partial charge < -0.3 is 26.2 Å². The molecule has 0 bridgehead atoms. The van der Waals surface area contributed by atoms with Gasteiger partial charge in [-0.15, -0.1) is 0 Å². The van der Waals surface area contributed by atoms with E-state index in [9.17, 15) is 23.6 Å². The van der Waals surface area contributed by atoms with Crippen molar-refractivity contribution in [1.82, 2.24) is 15.1 Å². The van der Waals surface area contributed by atoms with Crippen LogP contribution in [0.15, 0.2) is 36.4 Å². The maximum Gasteiger partial charge on any atom is 0.247 e. The number of nitrogens with one attached hydrogen (secondary N) is 2. The average molecular weight is 649 g/mol. The first kappa shape index (κ1) is 33.7. The van der Waals surface area contributed by atoms with Crippen LogP contribution in [0.4, 0.5) is 10.1 Å². The Morgan fingerprint density at radius 2 is 1.68 bits per heavy atom. The summed E-state index contributed by atoms with van der Waals surface area (Å²) in [6, 6.07) is 8.31. The molecule has 44 heavy (non-hydrogen) atoms. The Morgan fingerprint density at radius 3 is 2.36 bits per heavy atom. The monoisotopic (exact) mass is 647 g/mol. The van der Waals surface area contributed by atoms with Crippen LogP contribution in [-0.2, 0) is 32.1 Å². The Morgan fingerprint density at radius 1 is 1.00 bits per heavy atom. The number of fused-ring (bicyclic) bond motifs is 1. The van der Waals surface area contributed by atoms with E-state index in [2.05, 4.69) is 24.5 Å². The van der Waals surface area contributed by atoms with Gasteiger partial charge in [-0.1, -0.05) is 61.3 Å². The Bertz CT molecular complexity index is 1390. The number of hydrogen-bond donors (Lipinski definition) is 3. The van der Waals surface area contributed by atoms with Crippen molar-refractivity contribution in [3.63, 3.8) is 0 Å². The number of rotatable bonds is 10. The van der Waals surface area contributed by atoms with Crippen LogP contribution in [0.1, 0.15) is 63.5 Å². The lowest BCUT2D eigenvalue weighted by atomic mass is 9.92. The molecule has 4 N–H and O–H groups in total. The minimum absolute atomic E-state index is 0.00585. The molecule has 0 aromatic heterocycles. The predicted molar refractivity (Wildman–Crippen MR) is 169 cm³/mol. The highest BCUT2D eigenvalue weighted by Crippen LogP contribution is 2.30. The van der Waals surface area contributed by atoms with E-state index in [0.717, 1.165) is 30.4 Å². The van der Waals surface area contributed by atoms with Gasteiger partial charge in [-0.3, -0.25) is 19.2 Å². The zero-order valence-corrected chi connectivity index (χ0v) is 26.6. The number of nitrogens with zero attached hydrogens (tertiary/aromatic N) is 2. The molecule has 2 aliphatic heterocycles. The molecule has 2 aromatic rings. The number of carbonyl (C=O) groups excluding carboxylic acids is 4. The summed E-state index contributed by atoms with van der Waals surface area (Å²) < 4.78 is 14.6. The van der Waals surface area contributed by atoms with E-state index in [1.54, 1.807) is 0 Å². The number of nitrogens with two attached hydrogens (primary N) is 1. The van der Waals surface area contributed by atoms with Gasteiger partial charge in [0, 0.05) is 38.4 Å². The number of piperidine rings is 1. The van der Waals surface area contributed by atoms with Gasteiger partial charge in [0.05, 0.1) is 15.7 Å². The molecule has 1 fully saturated rings. The number of carbonyl (C=O) groups is 4. The summed E-state index contributed by atoms with van der Waals surface area (Å²) in [5.41, 5.74) is 7.38. The number of hydrogen-bond acceptors (Lipinski definition) is 5. The fourth-order valence-electron chi connectivity index (χ4n) is 6.03. The van der Waals surface area contributed by atoms with Gasteiger partial charge in [0.25, 0.3) is 0 Å². The van der Waals surface area contributed by atoms with Gasteiger partial charge >= 0.3 is 0 Å². The van der Waals surface area contributed by atoms with Gasteiger partial charge in [0.1, 0.15) is 12.1 Å². The van der Waals surface area contributed by atoms with E-state index < -0.39 is 29.7 Å². The second-order valence-electron chi connectivity index (χ2n) is 11.8. The first-order valence-electron chi connectivity index (χ1n) is 15.1. The van der Waals surface area contributed by atoms with Crippen LogP contribution in [0.3, 0.4) is 0 Å². The van der Waals surface area contributed by atoms with E-state index >= 15 is 0 Å². The first-order valence-corrected chi connectivity index (χ1v) is 15.9. The molecule has 1 unspecified atom stereocenters. The van der Waals surface area contributed by atoms with Gasteiger partial charge in [-0.2, -0.15) is 0 Å². The quantitative estimate of drug-likeness (QED) is 0.323.